The first-order valence-corrected chi connectivity index (χ1v) is 14.9. The summed E-state index contributed by atoms with van der Waals surface area (Å²) in [6.45, 7) is 9.86. The van der Waals surface area contributed by atoms with E-state index in [1.807, 2.05) is 20.8 Å². The SMILES string of the molecule is C/C=C/c1nn(CCC(C)(C)C)c(=O)c(C2=NP(=O)(OCC)c3cc(NS(C)(=O)=O)ccc3N2)c1O. The molecular formula is C23H32N5O6PS. The Hall–Kier alpha value is -2.95. The zero-order chi connectivity index (χ0) is 26.9. The maximum atomic E-state index is 13.9. The van der Waals surface area contributed by atoms with Crippen molar-refractivity contribution in [2.45, 2.75) is 47.6 Å². The van der Waals surface area contributed by atoms with E-state index in [4.69, 9.17) is 4.52 Å². The number of rotatable bonds is 8. The third kappa shape index (κ3) is 6.24. The van der Waals surface area contributed by atoms with Gasteiger partial charge in [-0.25, -0.2) is 13.1 Å². The standard InChI is InChI=1S/C23H32N5O6PS/c1-7-9-17-20(29)19(22(30)28(25-17)13-12-23(3,4)5)21-24-16-11-10-15(27-36(6,32)33)14-18(16)35(31,26-21)34-8-2/h7,9-11,14,27,29H,8,12-13H2,1-6H3,(H,24,26,31)/b9-7+. The van der Waals surface area contributed by atoms with Crippen molar-refractivity contribution < 1.29 is 22.6 Å². The molecule has 11 nitrogen and oxygen atoms in total. The molecule has 3 rings (SSSR count). The van der Waals surface area contributed by atoms with Gasteiger partial charge in [0.15, 0.2) is 11.6 Å². The first-order chi connectivity index (χ1) is 16.7. The van der Waals surface area contributed by atoms with E-state index in [1.54, 1.807) is 26.0 Å². The van der Waals surface area contributed by atoms with E-state index >= 15 is 0 Å². The highest BCUT2D eigenvalue weighted by molar-refractivity contribution is 7.92. The molecule has 3 N–H and O–H groups in total. The highest BCUT2D eigenvalue weighted by atomic mass is 32.2. The van der Waals surface area contributed by atoms with Crippen molar-refractivity contribution in [1.82, 2.24) is 9.78 Å². The third-order valence-corrected chi connectivity index (χ3v) is 7.84. The lowest BCUT2D eigenvalue weighted by Crippen LogP contribution is -2.35. The smallest absolute Gasteiger partial charge is 0.348 e. The highest BCUT2D eigenvalue weighted by Crippen LogP contribution is 2.52. The van der Waals surface area contributed by atoms with Crippen molar-refractivity contribution in [1.29, 1.82) is 0 Å². The first-order valence-electron chi connectivity index (χ1n) is 11.4. The van der Waals surface area contributed by atoms with Crippen LogP contribution in [0.25, 0.3) is 6.08 Å². The maximum absolute atomic E-state index is 13.9. The number of hydrogen-bond acceptors (Lipinski definition) is 8. The van der Waals surface area contributed by atoms with Crippen LogP contribution in [0.3, 0.4) is 0 Å². The number of nitrogens with zero attached hydrogens (tertiary/aromatic N) is 3. The van der Waals surface area contributed by atoms with Gasteiger partial charge >= 0.3 is 7.52 Å². The molecular weight excluding hydrogens is 505 g/mol. The van der Waals surface area contributed by atoms with Crippen molar-refractivity contribution in [2.75, 3.05) is 22.9 Å². The quantitative estimate of drug-likeness (QED) is 0.433. The number of fused-ring (bicyclic) bond motifs is 1. The van der Waals surface area contributed by atoms with Crippen molar-refractivity contribution in [3.8, 4) is 5.75 Å². The van der Waals surface area contributed by atoms with Crippen LogP contribution in [0.2, 0.25) is 0 Å². The first kappa shape index (κ1) is 27.6. The second kappa shape index (κ2) is 10.2. The van der Waals surface area contributed by atoms with Crippen LogP contribution >= 0.6 is 7.52 Å². The predicted octanol–water partition coefficient (Wildman–Crippen LogP) is 3.52. The van der Waals surface area contributed by atoms with Crippen LogP contribution in [0.15, 0.2) is 33.8 Å². The largest absolute Gasteiger partial charge is 0.505 e. The minimum Gasteiger partial charge on any atom is -0.505 e. The Labute approximate surface area is 210 Å². The van der Waals surface area contributed by atoms with Gasteiger partial charge in [0.2, 0.25) is 10.0 Å². The lowest BCUT2D eigenvalue weighted by atomic mass is 9.92. The van der Waals surface area contributed by atoms with Gasteiger partial charge in [-0.1, -0.05) is 26.8 Å². The van der Waals surface area contributed by atoms with Crippen molar-refractivity contribution >= 4 is 46.1 Å². The van der Waals surface area contributed by atoms with E-state index in [9.17, 15) is 22.9 Å². The molecule has 196 valence electrons. The Balaban J connectivity index is 2.21. The number of allylic oxidation sites excluding steroid dienone is 1. The molecule has 0 spiro atoms. The molecule has 0 fully saturated rings. The lowest BCUT2D eigenvalue weighted by Gasteiger charge is -2.26. The molecule has 1 aliphatic heterocycles. The monoisotopic (exact) mass is 537 g/mol. The summed E-state index contributed by atoms with van der Waals surface area (Å²) in [6, 6.07) is 4.36. The van der Waals surface area contributed by atoms with Crippen LogP contribution in [0.5, 0.6) is 5.75 Å². The molecule has 1 unspecified atom stereocenters. The molecule has 1 aromatic carbocycles. The van der Waals surface area contributed by atoms with Crippen molar-refractivity contribution in [2.24, 2.45) is 10.2 Å². The van der Waals surface area contributed by atoms with Gasteiger partial charge in [-0.05, 0) is 50.0 Å². The van der Waals surface area contributed by atoms with Gasteiger partial charge in [0, 0.05) is 12.2 Å². The number of aromatic nitrogens is 2. The zero-order valence-electron chi connectivity index (χ0n) is 21.2. The van der Waals surface area contributed by atoms with Gasteiger partial charge in [-0.15, -0.1) is 0 Å². The van der Waals surface area contributed by atoms with Crippen molar-refractivity contribution in [3.63, 3.8) is 0 Å². The minimum absolute atomic E-state index is 0.0409. The van der Waals surface area contributed by atoms with Crippen LogP contribution in [-0.4, -0.2) is 42.0 Å². The Kier molecular flexibility index (Phi) is 7.83. The lowest BCUT2D eigenvalue weighted by molar-refractivity contribution is 0.334. The average Bonchev–Trinajstić information content (AvgIpc) is 2.74. The summed E-state index contributed by atoms with van der Waals surface area (Å²) in [7, 11) is -7.53. The van der Waals surface area contributed by atoms with Gasteiger partial charge in [0.25, 0.3) is 5.56 Å². The molecule has 0 amide bonds. The van der Waals surface area contributed by atoms with Crippen LogP contribution in [-0.2, 0) is 25.7 Å². The topological polar surface area (TPSA) is 152 Å². The normalized spacial score (nSPS) is 18.0. The molecule has 1 atom stereocenters. The van der Waals surface area contributed by atoms with E-state index < -0.39 is 28.9 Å². The summed E-state index contributed by atoms with van der Waals surface area (Å²) in [5.41, 5.74) is -0.199. The molecule has 1 aromatic heterocycles. The van der Waals surface area contributed by atoms with Crippen LogP contribution < -0.4 is 20.9 Å². The fourth-order valence-electron chi connectivity index (χ4n) is 3.53. The fraction of sp³-hybridized carbons (Fsp3) is 0.435. The molecule has 2 heterocycles. The molecule has 0 saturated carbocycles. The molecule has 0 saturated heterocycles. The van der Waals surface area contributed by atoms with Crippen molar-refractivity contribution in [3.05, 3.63) is 45.9 Å². The molecule has 13 heteroatoms. The number of hydrogen-bond donors (Lipinski definition) is 3. The molecule has 0 aliphatic carbocycles. The summed E-state index contributed by atoms with van der Waals surface area (Å²) >= 11 is 0. The third-order valence-electron chi connectivity index (χ3n) is 5.19. The average molecular weight is 538 g/mol. The van der Waals surface area contributed by atoms with Gasteiger partial charge in [0.1, 0.15) is 11.3 Å². The number of aromatic hydroxyl groups is 1. The second-order valence-corrected chi connectivity index (χ2v) is 13.3. The van der Waals surface area contributed by atoms with Crippen LogP contribution in [0, 0.1) is 5.41 Å². The molecule has 0 radical (unpaired) electrons. The summed E-state index contributed by atoms with van der Waals surface area (Å²) in [6.07, 6.45) is 4.89. The van der Waals surface area contributed by atoms with Gasteiger partial charge in [0.05, 0.1) is 23.9 Å². The van der Waals surface area contributed by atoms with Crippen LogP contribution in [0.1, 0.15) is 52.3 Å². The number of amidine groups is 1. The van der Waals surface area contributed by atoms with Gasteiger partial charge in [-0.3, -0.25) is 14.1 Å². The van der Waals surface area contributed by atoms with Gasteiger partial charge in [-0.2, -0.15) is 9.86 Å². The summed E-state index contributed by atoms with van der Waals surface area (Å²) in [5, 5.41) is 18.4. The van der Waals surface area contributed by atoms with Gasteiger partial charge < -0.3 is 14.9 Å². The van der Waals surface area contributed by atoms with E-state index in [0.717, 1.165) is 6.26 Å². The van der Waals surface area contributed by atoms with E-state index in [0.29, 0.717) is 18.7 Å². The Morgan fingerprint density at radius 1 is 1.31 bits per heavy atom. The number of benzene rings is 1. The second-order valence-electron chi connectivity index (χ2n) is 9.57. The Bertz CT molecular complexity index is 1440. The number of sulfonamides is 1. The molecule has 36 heavy (non-hydrogen) atoms. The minimum atomic E-state index is -3.95. The highest BCUT2D eigenvalue weighted by Gasteiger charge is 2.36. The number of aryl methyl sites for hydroxylation is 1. The van der Waals surface area contributed by atoms with E-state index in [2.05, 4.69) is 19.9 Å². The Morgan fingerprint density at radius 2 is 2.00 bits per heavy atom. The molecule has 1 aliphatic rings. The predicted molar refractivity (Wildman–Crippen MR) is 143 cm³/mol. The maximum Gasteiger partial charge on any atom is 0.348 e. The molecule has 0 bridgehead atoms. The summed E-state index contributed by atoms with van der Waals surface area (Å²) in [5.74, 6) is -0.526. The zero-order valence-corrected chi connectivity index (χ0v) is 22.9. The fourth-order valence-corrected chi connectivity index (χ4v) is 5.89. The van der Waals surface area contributed by atoms with E-state index in [1.165, 1.54) is 22.9 Å². The van der Waals surface area contributed by atoms with E-state index in [-0.39, 0.29) is 40.1 Å². The summed E-state index contributed by atoms with van der Waals surface area (Å²) in [4.78, 5) is 13.4. The number of nitrogens with one attached hydrogen (secondary N) is 2. The van der Waals surface area contributed by atoms with Crippen LogP contribution in [0.4, 0.5) is 11.4 Å². The molecule has 2 aromatic rings. The number of anilines is 2. The summed E-state index contributed by atoms with van der Waals surface area (Å²) < 4.78 is 50.6. The Morgan fingerprint density at radius 3 is 2.58 bits per heavy atom.